The second-order valence-electron chi connectivity index (χ2n) is 2.79. The van der Waals surface area contributed by atoms with E-state index in [1.54, 1.807) is 12.1 Å². The van der Waals surface area contributed by atoms with E-state index in [1.165, 1.54) is 0 Å². The molecule has 13 heavy (non-hydrogen) atoms. The maximum Gasteiger partial charge on any atom is 0.0995 e. The third-order valence-electron chi connectivity index (χ3n) is 1.94. The van der Waals surface area contributed by atoms with Gasteiger partial charge in [0, 0.05) is 17.7 Å². The Morgan fingerprint density at radius 1 is 1.38 bits per heavy atom. The van der Waals surface area contributed by atoms with E-state index >= 15 is 0 Å². The Morgan fingerprint density at radius 2 is 2.23 bits per heavy atom. The van der Waals surface area contributed by atoms with E-state index in [0.29, 0.717) is 11.4 Å². The van der Waals surface area contributed by atoms with Crippen molar-refractivity contribution >= 4 is 5.69 Å². The minimum atomic E-state index is 0.600. The summed E-state index contributed by atoms with van der Waals surface area (Å²) in [6.45, 7) is 0. The molecule has 0 fully saturated rings. The number of fused-ring (bicyclic) bond motifs is 1. The van der Waals surface area contributed by atoms with Crippen molar-refractivity contribution < 1.29 is 0 Å². The summed E-state index contributed by atoms with van der Waals surface area (Å²) in [4.78, 5) is 0. The van der Waals surface area contributed by atoms with Gasteiger partial charge in [-0.3, -0.25) is 0 Å². The summed E-state index contributed by atoms with van der Waals surface area (Å²) in [5.74, 6) is 0.600. The quantitative estimate of drug-likeness (QED) is 0.617. The van der Waals surface area contributed by atoms with Crippen molar-refractivity contribution in [2.24, 2.45) is 5.73 Å². The summed E-state index contributed by atoms with van der Waals surface area (Å²) < 4.78 is 0. The molecule has 3 N–H and O–H groups in total. The normalized spacial score (nSPS) is 13.6. The van der Waals surface area contributed by atoms with Crippen LogP contribution in [0.5, 0.6) is 0 Å². The van der Waals surface area contributed by atoms with Gasteiger partial charge in [0.1, 0.15) is 0 Å². The maximum absolute atomic E-state index is 8.81. The SMILES string of the molecule is N#Cc1cccc2c1[CH]C=C(N)N2. The van der Waals surface area contributed by atoms with Gasteiger partial charge in [0.25, 0.3) is 0 Å². The zero-order valence-corrected chi connectivity index (χ0v) is 6.91. The molecule has 0 saturated heterocycles. The highest BCUT2D eigenvalue weighted by atomic mass is 15.0. The largest absolute Gasteiger partial charge is 0.386 e. The number of rotatable bonds is 0. The zero-order valence-electron chi connectivity index (χ0n) is 6.91. The number of nitriles is 1. The lowest BCUT2D eigenvalue weighted by Gasteiger charge is -2.16. The third-order valence-corrected chi connectivity index (χ3v) is 1.94. The third kappa shape index (κ3) is 1.23. The molecule has 3 nitrogen and oxygen atoms in total. The molecule has 0 aliphatic carbocycles. The number of nitrogens with one attached hydrogen (secondary N) is 1. The van der Waals surface area contributed by atoms with Crippen molar-refractivity contribution in [3.8, 4) is 6.07 Å². The average molecular weight is 170 g/mol. The van der Waals surface area contributed by atoms with E-state index in [-0.39, 0.29) is 0 Å². The molecule has 0 unspecified atom stereocenters. The topological polar surface area (TPSA) is 61.8 Å². The fraction of sp³-hybridized carbons (Fsp3) is 0. The highest BCUT2D eigenvalue weighted by Gasteiger charge is 2.11. The summed E-state index contributed by atoms with van der Waals surface area (Å²) in [7, 11) is 0. The number of hydrogen-bond acceptors (Lipinski definition) is 3. The van der Waals surface area contributed by atoms with Crippen molar-refractivity contribution in [1.82, 2.24) is 0 Å². The lowest BCUT2D eigenvalue weighted by atomic mass is 10.0. The van der Waals surface area contributed by atoms with Crippen LogP contribution in [0.15, 0.2) is 30.1 Å². The van der Waals surface area contributed by atoms with Crippen LogP contribution in [0.3, 0.4) is 0 Å². The molecule has 63 valence electrons. The van der Waals surface area contributed by atoms with Crippen molar-refractivity contribution in [2.75, 3.05) is 5.32 Å². The number of benzene rings is 1. The fourth-order valence-electron chi connectivity index (χ4n) is 1.32. The molecule has 1 aromatic carbocycles. The average Bonchev–Trinajstić information content (AvgIpc) is 2.16. The molecule has 1 radical (unpaired) electrons. The van der Waals surface area contributed by atoms with Crippen LogP contribution in [0.25, 0.3) is 0 Å². The maximum atomic E-state index is 8.81. The van der Waals surface area contributed by atoms with E-state index < -0.39 is 0 Å². The number of nitrogens with two attached hydrogens (primary N) is 1. The molecule has 1 heterocycles. The Kier molecular flexibility index (Phi) is 1.67. The molecule has 1 aliphatic rings. The molecule has 0 spiro atoms. The van der Waals surface area contributed by atoms with Crippen LogP contribution >= 0.6 is 0 Å². The molecule has 0 amide bonds. The first-order valence-electron chi connectivity index (χ1n) is 3.92. The van der Waals surface area contributed by atoms with E-state index in [1.807, 2.05) is 18.6 Å². The molecule has 0 atom stereocenters. The first kappa shape index (κ1) is 7.69. The lowest BCUT2D eigenvalue weighted by Crippen LogP contribution is -2.14. The summed E-state index contributed by atoms with van der Waals surface area (Å²) in [6, 6.07) is 7.64. The molecule has 0 bridgehead atoms. The van der Waals surface area contributed by atoms with Crippen molar-refractivity contribution in [3.63, 3.8) is 0 Å². The van der Waals surface area contributed by atoms with E-state index in [9.17, 15) is 0 Å². The van der Waals surface area contributed by atoms with Gasteiger partial charge in [-0.15, -0.1) is 0 Å². The Hall–Kier alpha value is -1.95. The number of nitrogens with zero attached hydrogens (tertiary/aromatic N) is 1. The van der Waals surface area contributed by atoms with Crippen LogP contribution in [0, 0.1) is 17.8 Å². The Labute approximate surface area is 76.5 Å². The lowest BCUT2D eigenvalue weighted by molar-refractivity contribution is 1.24. The second-order valence-corrected chi connectivity index (χ2v) is 2.79. The standard InChI is InChI=1S/C10H8N3/c11-6-7-2-1-3-9-8(7)4-5-10(12)13-9/h1-5,13H,12H2. The van der Waals surface area contributed by atoms with Gasteiger partial charge in [-0.05, 0) is 18.2 Å². The summed E-state index contributed by atoms with van der Waals surface area (Å²) in [5, 5.41) is 11.8. The van der Waals surface area contributed by atoms with Crippen LogP contribution in [0.1, 0.15) is 11.1 Å². The first-order valence-corrected chi connectivity index (χ1v) is 3.92. The Balaban J connectivity index is 2.53. The molecule has 3 heteroatoms. The van der Waals surface area contributed by atoms with E-state index in [2.05, 4.69) is 11.4 Å². The number of hydrogen-bond donors (Lipinski definition) is 2. The molecular formula is C10H8N3. The van der Waals surface area contributed by atoms with Crippen molar-refractivity contribution in [1.29, 1.82) is 5.26 Å². The fourth-order valence-corrected chi connectivity index (χ4v) is 1.32. The molecule has 1 aliphatic heterocycles. The molecule has 1 aromatic rings. The van der Waals surface area contributed by atoms with Gasteiger partial charge in [-0.25, -0.2) is 0 Å². The predicted molar refractivity (Wildman–Crippen MR) is 50.5 cm³/mol. The smallest absolute Gasteiger partial charge is 0.0995 e. The second kappa shape index (κ2) is 2.83. The zero-order chi connectivity index (χ0) is 9.26. The van der Waals surface area contributed by atoms with Crippen LogP contribution < -0.4 is 11.1 Å². The van der Waals surface area contributed by atoms with Gasteiger partial charge in [-0.1, -0.05) is 6.07 Å². The summed E-state index contributed by atoms with van der Waals surface area (Å²) in [5.41, 5.74) is 8.03. The van der Waals surface area contributed by atoms with Gasteiger partial charge in [0.15, 0.2) is 0 Å². The van der Waals surface area contributed by atoms with Gasteiger partial charge in [-0.2, -0.15) is 5.26 Å². The Morgan fingerprint density at radius 3 is 3.00 bits per heavy atom. The first-order chi connectivity index (χ1) is 6.31. The minimum Gasteiger partial charge on any atom is -0.386 e. The van der Waals surface area contributed by atoms with Crippen molar-refractivity contribution in [3.05, 3.63) is 47.6 Å². The Bertz CT molecular complexity index is 413. The van der Waals surface area contributed by atoms with E-state index in [4.69, 9.17) is 11.0 Å². The summed E-state index contributed by atoms with van der Waals surface area (Å²) in [6.07, 6.45) is 3.60. The van der Waals surface area contributed by atoms with Crippen LogP contribution in [-0.2, 0) is 0 Å². The molecule has 0 aromatic heterocycles. The number of allylic oxidation sites excluding steroid dienone is 1. The molecular weight excluding hydrogens is 162 g/mol. The van der Waals surface area contributed by atoms with Gasteiger partial charge in [0.05, 0.1) is 17.5 Å². The van der Waals surface area contributed by atoms with Crippen LogP contribution in [0.4, 0.5) is 5.69 Å². The van der Waals surface area contributed by atoms with Gasteiger partial charge in [0.2, 0.25) is 0 Å². The number of anilines is 1. The highest BCUT2D eigenvalue weighted by molar-refractivity contribution is 5.67. The monoisotopic (exact) mass is 170 g/mol. The predicted octanol–water partition coefficient (Wildman–Crippen LogP) is 1.34. The van der Waals surface area contributed by atoms with Gasteiger partial charge >= 0.3 is 0 Å². The van der Waals surface area contributed by atoms with Crippen molar-refractivity contribution in [2.45, 2.75) is 0 Å². The molecule has 2 rings (SSSR count). The molecule has 0 saturated carbocycles. The van der Waals surface area contributed by atoms with Crippen LogP contribution in [-0.4, -0.2) is 0 Å². The minimum absolute atomic E-state index is 0.600. The van der Waals surface area contributed by atoms with Crippen LogP contribution in [0.2, 0.25) is 0 Å². The summed E-state index contributed by atoms with van der Waals surface area (Å²) >= 11 is 0. The van der Waals surface area contributed by atoms with E-state index in [0.717, 1.165) is 11.3 Å². The highest BCUT2D eigenvalue weighted by Crippen LogP contribution is 2.25. The van der Waals surface area contributed by atoms with Gasteiger partial charge < -0.3 is 11.1 Å².